The van der Waals surface area contributed by atoms with Gasteiger partial charge in [-0.15, -0.1) is 0 Å². The molecule has 0 bridgehead atoms. The minimum Gasteiger partial charge on any atom is -0.461 e. The van der Waals surface area contributed by atoms with E-state index < -0.39 is 0 Å². The summed E-state index contributed by atoms with van der Waals surface area (Å²) in [6, 6.07) is 3.82. The zero-order chi connectivity index (χ0) is 16.3. The lowest BCUT2D eigenvalue weighted by Gasteiger charge is -2.20. The van der Waals surface area contributed by atoms with Gasteiger partial charge in [0.05, 0.1) is 6.54 Å². The van der Waals surface area contributed by atoms with Gasteiger partial charge in [-0.3, -0.25) is 9.59 Å². The van der Waals surface area contributed by atoms with Crippen LogP contribution in [0.15, 0.2) is 22.6 Å². The van der Waals surface area contributed by atoms with Crippen LogP contribution in [0.1, 0.15) is 51.6 Å². The topological polar surface area (TPSA) is 71.3 Å². The third-order valence-corrected chi connectivity index (χ3v) is 3.46. The summed E-state index contributed by atoms with van der Waals surface area (Å²) in [5.41, 5.74) is -0.303. The number of hydrogen-bond donors (Lipinski definition) is 2. The van der Waals surface area contributed by atoms with Crippen LogP contribution in [0, 0.1) is 5.92 Å². The van der Waals surface area contributed by atoms with Crippen molar-refractivity contribution >= 4 is 17.9 Å². The maximum Gasteiger partial charge on any atom is 0.244 e. The van der Waals surface area contributed by atoms with Crippen LogP contribution >= 0.6 is 0 Å². The quantitative estimate of drug-likeness (QED) is 0.821. The molecule has 2 atom stereocenters. The SMILES string of the molecule is CC1CC1c1ccc(/C=C/C(=O)NCC(=O)NC(C)(C)C)o1. The molecule has 120 valence electrons. The molecule has 0 aliphatic heterocycles. The lowest BCUT2D eigenvalue weighted by Crippen LogP contribution is -2.45. The van der Waals surface area contributed by atoms with E-state index in [-0.39, 0.29) is 23.9 Å². The van der Waals surface area contributed by atoms with Gasteiger partial charge in [0.1, 0.15) is 11.5 Å². The van der Waals surface area contributed by atoms with Gasteiger partial charge in [-0.25, -0.2) is 0 Å². The van der Waals surface area contributed by atoms with Crippen molar-refractivity contribution in [1.29, 1.82) is 0 Å². The fourth-order valence-electron chi connectivity index (χ4n) is 2.22. The molecule has 1 fully saturated rings. The molecule has 1 aliphatic carbocycles. The van der Waals surface area contributed by atoms with Crippen molar-refractivity contribution in [2.24, 2.45) is 5.92 Å². The van der Waals surface area contributed by atoms with Crippen molar-refractivity contribution < 1.29 is 14.0 Å². The van der Waals surface area contributed by atoms with E-state index >= 15 is 0 Å². The molecule has 2 N–H and O–H groups in total. The number of carbonyl (C=O) groups is 2. The molecular formula is C17H24N2O3. The molecule has 0 radical (unpaired) electrons. The zero-order valence-corrected chi connectivity index (χ0v) is 13.6. The minimum atomic E-state index is -0.318. The summed E-state index contributed by atoms with van der Waals surface area (Å²) in [7, 11) is 0. The van der Waals surface area contributed by atoms with Gasteiger partial charge in [0.25, 0.3) is 0 Å². The van der Waals surface area contributed by atoms with E-state index in [2.05, 4.69) is 17.6 Å². The zero-order valence-electron chi connectivity index (χ0n) is 13.6. The van der Waals surface area contributed by atoms with Crippen molar-refractivity contribution in [2.75, 3.05) is 6.54 Å². The summed E-state index contributed by atoms with van der Waals surface area (Å²) in [6.07, 6.45) is 4.16. The first-order valence-corrected chi connectivity index (χ1v) is 7.61. The summed E-state index contributed by atoms with van der Waals surface area (Å²) in [5, 5.41) is 5.32. The Morgan fingerprint density at radius 1 is 1.36 bits per heavy atom. The molecule has 2 rings (SSSR count). The fraction of sp³-hybridized carbons (Fsp3) is 0.529. The Hall–Kier alpha value is -2.04. The fourth-order valence-corrected chi connectivity index (χ4v) is 2.22. The van der Waals surface area contributed by atoms with Gasteiger partial charge in [-0.05, 0) is 51.3 Å². The predicted molar refractivity (Wildman–Crippen MR) is 85.2 cm³/mol. The van der Waals surface area contributed by atoms with Crippen LogP contribution in [0.5, 0.6) is 0 Å². The predicted octanol–water partition coefficient (Wildman–Crippen LogP) is 2.45. The number of nitrogens with one attached hydrogen (secondary N) is 2. The standard InChI is InChI=1S/C17H24N2O3/c1-11-9-13(11)14-7-5-12(22-14)6-8-15(20)18-10-16(21)19-17(2,3)4/h5-8,11,13H,9-10H2,1-4H3,(H,18,20)(H,19,21)/b8-6+. The van der Waals surface area contributed by atoms with Crippen LogP contribution in [0.2, 0.25) is 0 Å². The van der Waals surface area contributed by atoms with Crippen LogP contribution in [-0.4, -0.2) is 23.9 Å². The molecule has 1 aromatic rings. The number of rotatable bonds is 5. The average molecular weight is 304 g/mol. The second-order valence-corrected chi connectivity index (χ2v) is 6.91. The van der Waals surface area contributed by atoms with Crippen molar-refractivity contribution in [2.45, 2.75) is 45.6 Å². The third-order valence-electron chi connectivity index (χ3n) is 3.46. The second kappa shape index (κ2) is 6.38. The molecule has 22 heavy (non-hydrogen) atoms. The van der Waals surface area contributed by atoms with Crippen molar-refractivity contribution in [3.05, 3.63) is 29.7 Å². The monoisotopic (exact) mass is 304 g/mol. The van der Waals surface area contributed by atoms with E-state index in [1.807, 2.05) is 32.9 Å². The lowest BCUT2D eigenvalue weighted by atomic mass is 10.1. The molecule has 5 nitrogen and oxygen atoms in total. The maximum atomic E-state index is 11.7. The number of amides is 2. The van der Waals surface area contributed by atoms with E-state index in [4.69, 9.17) is 4.42 Å². The number of furan rings is 1. The van der Waals surface area contributed by atoms with Crippen LogP contribution in [0.3, 0.4) is 0 Å². The minimum absolute atomic E-state index is 0.0383. The highest BCUT2D eigenvalue weighted by Gasteiger charge is 2.36. The Balaban J connectivity index is 1.77. The van der Waals surface area contributed by atoms with Gasteiger partial charge < -0.3 is 15.1 Å². The van der Waals surface area contributed by atoms with Gasteiger partial charge in [-0.1, -0.05) is 6.92 Å². The van der Waals surface area contributed by atoms with Crippen LogP contribution in [0.4, 0.5) is 0 Å². The molecule has 2 amide bonds. The van der Waals surface area contributed by atoms with Crippen molar-refractivity contribution in [1.82, 2.24) is 10.6 Å². The van der Waals surface area contributed by atoms with E-state index in [9.17, 15) is 9.59 Å². The first kappa shape index (κ1) is 16.3. The van der Waals surface area contributed by atoms with Gasteiger partial charge >= 0.3 is 0 Å². The summed E-state index contributed by atoms with van der Waals surface area (Å²) in [5.74, 6) is 2.32. The summed E-state index contributed by atoms with van der Waals surface area (Å²) < 4.78 is 5.67. The molecule has 0 spiro atoms. The van der Waals surface area contributed by atoms with Gasteiger partial charge in [0, 0.05) is 17.5 Å². The van der Waals surface area contributed by atoms with E-state index in [1.165, 1.54) is 12.5 Å². The summed E-state index contributed by atoms with van der Waals surface area (Å²) in [4.78, 5) is 23.3. The van der Waals surface area contributed by atoms with Gasteiger partial charge in [-0.2, -0.15) is 0 Å². The lowest BCUT2D eigenvalue weighted by molar-refractivity contribution is -0.124. The normalized spacial score (nSPS) is 20.9. The second-order valence-electron chi connectivity index (χ2n) is 6.91. The highest BCUT2D eigenvalue weighted by Crippen LogP contribution is 2.47. The van der Waals surface area contributed by atoms with Crippen molar-refractivity contribution in [3.8, 4) is 0 Å². The Morgan fingerprint density at radius 2 is 2.05 bits per heavy atom. The Morgan fingerprint density at radius 3 is 2.64 bits per heavy atom. The smallest absolute Gasteiger partial charge is 0.244 e. The van der Waals surface area contributed by atoms with Gasteiger partial charge in [0.2, 0.25) is 11.8 Å². The van der Waals surface area contributed by atoms with Crippen LogP contribution in [0.25, 0.3) is 6.08 Å². The molecular weight excluding hydrogens is 280 g/mol. The van der Waals surface area contributed by atoms with Gasteiger partial charge in [0.15, 0.2) is 0 Å². The van der Waals surface area contributed by atoms with Crippen LogP contribution in [-0.2, 0) is 9.59 Å². The first-order chi connectivity index (χ1) is 10.2. The molecule has 1 aliphatic rings. The van der Waals surface area contributed by atoms with Crippen molar-refractivity contribution in [3.63, 3.8) is 0 Å². The summed E-state index contributed by atoms with van der Waals surface area (Å²) >= 11 is 0. The van der Waals surface area contributed by atoms with E-state index in [0.29, 0.717) is 17.6 Å². The first-order valence-electron chi connectivity index (χ1n) is 7.61. The molecule has 1 saturated carbocycles. The highest BCUT2D eigenvalue weighted by molar-refractivity contribution is 5.94. The Labute approximate surface area is 131 Å². The van der Waals surface area contributed by atoms with Crippen LogP contribution < -0.4 is 10.6 Å². The molecule has 0 saturated heterocycles. The molecule has 2 unspecified atom stereocenters. The molecule has 0 aromatic carbocycles. The number of hydrogen-bond acceptors (Lipinski definition) is 3. The third kappa shape index (κ3) is 5.06. The average Bonchev–Trinajstić information content (AvgIpc) is 2.95. The van der Waals surface area contributed by atoms with E-state index in [1.54, 1.807) is 6.08 Å². The largest absolute Gasteiger partial charge is 0.461 e. The molecule has 1 aromatic heterocycles. The Kier molecular flexibility index (Phi) is 4.74. The Bertz CT molecular complexity index is 581. The van der Waals surface area contributed by atoms with E-state index in [0.717, 1.165) is 5.76 Å². The summed E-state index contributed by atoms with van der Waals surface area (Å²) in [6.45, 7) is 7.83. The highest BCUT2D eigenvalue weighted by atomic mass is 16.3. The molecule has 5 heteroatoms. The molecule has 1 heterocycles. The number of carbonyl (C=O) groups excluding carboxylic acids is 2. The maximum absolute atomic E-state index is 11.7.